The van der Waals surface area contributed by atoms with Gasteiger partial charge in [0.25, 0.3) is 0 Å². The molecule has 0 aliphatic carbocycles. The van der Waals surface area contributed by atoms with Gasteiger partial charge < -0.3 is 10.6 Å². The van der Waals surface area contributed by atoms with Gasteiger partial charge in [-0.05, 0) is 24.4 Å². The summed E-state index contributed by atoms with van der Waals surface area (Å²) < 4.78 is 0. The van der Waals surface area contributed by atoms with E-state index in [1.807, 2.05) is 4.90 Å². The molecule has 1 aromatic heterocycles. The van der Waals surface area contributed by atoms with E-state index in [0.29, 0.717) is 18.9 Å². The zero-order chi connectivity index (χ0) is 11.4. The van der Waals surface area contributed by atoms with Crippen LogP contribution in [0.4, 0.5) is 0 Å². The molecule has 5 nitrogen and oxygen atoms in total. The van der Waals surface area contributed by atoms with E-state index in [2.05, 4.69) is 9.97 Å². The Bertz CT molecular complexity index is 354. The molecule has 86 valence electrons. The number of hydrogen-bond donors (Lipinski definition) is 1. The highest BCUT2D eigenvalue weighted by Crippen LogP contribution is 2.16. The van der Waals surface area contributed by atoms with E-state index in [9.17, 15) is 4.79 Å². The molecule has 2 rings (SSSR count). The summed E-state index contributed by atoms with van der Waals surface area (Å²) in [5.41, 5.74) is 6.63. The van der Waals surface area contributed by atoms with Gasteiger partial charge in [0.05, 0.1) is 0 Å². The van der Waals surface area contributed by atoms with Gasteiger partial charge in [-0.1, -0.05) is 0 Å². The Morgan fingerprint density at radius 3 is 2.81 bits per heavy atom. The Balaban J connectivity index is 1.85. The first-order chi connectivity index (χ1) is 7.79. The predicted octanol–water partition coefficient (Wildman–Crippen LogP) is -0.174. The molecule has 1 saturated heterocycles. The molecule has 2 N–H and O–H groups in total. The summed E-state index contributed by atoms with van der Waals surface area (Å²) in [6.45, 7) is 2.13. The maximum atomic E-state index is 11.6. The van der Waals surface area contributed by atoms with Crippen molar-refractivity contribution in [3.8, 4) is 0 Å². The van der Waals surface area contributed by atoms with Gasteiger partial charge in [0.2, 0.25) is 5.91 Å². The Morgan fingerprint density at radius 2 is 2.19 bits per heavy atom. The number of carbonyl (C=O) groups excluding carboxylic acids is 1. The molecule has 0 bridgehead atoms. The molecule has 1 aliphatic heterocycles. The fourth-order valence-electron chi connectivity index (χ4n) is 1.95. The SMILES string of the molecule is NCC1CC(=O)N(CCc2cncnc2)C1. The van der Waals surface area contributed by atoms with Crippen LogP contribution in [0.2, 0.25) is 0 Å². The van der Waals surface area contributed by atoms with Crippen LogP contribution in [-0.2, 0) is 11.2 Å². The second kappa shape index (κ2) is 5.03. The normalized spacial score (nSPS) is 20.4. The van der Waals surface area contributed by atoms with E-state index >= 15 is 0 Å². The Morgan fingerprint density at radius 1 is 1.44 bits per heavy atom. The van der Waals surface area contributed by atoms with Gasteiger partial charge in [0, 0.05) is 31.9 Å². The fraction of sp³-hybridized carbons (Fsp3) is 0.545. The van der Waals surface area contributed by atoms with Crippen molar-refractivity contribution in [3.63, 3.8) is 0 Å². The molecule has 1 unspecified atom stereocenters. The van der Waals surface area contributed by atoms with Crippen LogP contribution in [0.3, 0.4) is 0 Å². The summed E-state index contributed by atoms with van der Waals surface area (Å²) in [6.07, 6.45) is 6.49. The summed E-state index contributed by atoms with van der Waals surface area (Å²) in [5.74, 6) is 0.548. The van der Waals surface area contributed by atoms with Crippen LogP contribution in [0.5, 0.6) is 0 Å². The van der Waals surface area contributed by atoms with Gasteiger partial charge in [0.15, 0.2) is 0 Å². The van der Waals surface area contributed by atoms with E-state index in [-0.39, 0.29) is 5.91 Å². The number of nitrogens with two attached hydrogens (primary N) is 1. The summed E-state index contributed by atoms with van der Waals surface area (Å²) in [6, 6.07) is 0. The van der Waals surface area contributed by atoms with Gasteiger partial charge in [-0.2, -0.15) is 0 Å². The van der Waals surface area contributed by atoms with E-state index in [1.54, 1.807) is 12.4 Å². The van der Waals surface area contributed by atoms with Crippen LogP contribution in [-0.4, -0.2) is 40.4 Å². The maximum absolute atomic E-state index is 11.6. The average Bonchev–Trinajstić information content (AvgIpc) is 2.69. The minimum Gasteiger partial charge on any atom is -0.342 e. The average molecular weight is 220 g/mol. The van der Waals surface area contributed by atoms with Crippen molar-refractivity contribution in [2.24, 2.45) is 11.7 Å². The third-order valence-corrected chi connectivity index (χ3v) is 2.91. The molecule has 1 aliphatic rings. The van der Waals surface area contributed by atoms with E-state index in [1.165, 1.54) is 6.33 Å². The number of aromatic nitrogens is 2. The van der Waals surface area contributed by atoms with Gasteiger partial charge in [0.1, 0.15) is 6.33 Å². The molecule has 1 aromatic rings. The quantitative estimate of drug-likeness (QED) is 0.764. The van der Waals surface area contributed by atoms with Gasteiger partial charge in [-0.3, -0.25) is 4.79 Å². The number of amides is 1. The molecule has 0 aromatic carbocycles. The lowest BCUT2D eigenvalue weighted by Gasteiger charge is -2.15. The lowest BCUT2D eigenvalue weighted by atomic mass is 10.1. The molecular weight excluding hydrogens is 204 g/mol. The van der Waals surface area contributed by atoms with Crippen molar-refractivity contribution in [1.82, 2.24) is 14.9 Å². The van der Waals surface area contributed by atoms with Crippen LogP contribution >= 0.6 is 0 Å². The molecule has 5 heteroatoms. The first-order valence-electron chi connectivity index (χ1n) is 5.51. The Hall–Kier alpha value is -1.49. The number of rotatable bonds is 4. The maximum Gasteiger partial charge on any atom is 0.222 e. The molecule has 0 spiro atoms. The summed E-state index contributed by atoms with van der Waals surface area (Å²) in [7, 11) is 0. The van der Waals surface area contributed by atoms with Gasteiger partial charge in [-0.15, -0.1) is 0 Å². The third-order valence-electron chi connectivity index (χ3n) is 2.91. The van der Waals surface area contributed by atoms with E-state index in [0.717, 1.165) is 25.1 Å². The van der Waals surface area contributed by atoms with Crippen molar-refractivity contribution in [1.29, 1.82) is 0 Å². The molecule has 2 heterocycles. The highest BCUT2D eigenvalue weighted by molar-refractivity contribution is 5.78. The number of likely N-dealkylation sites (tertiary alicyclic amines) is 1. The lowest BCUT2D eigenvalue weighted by Crippen LogP contribution is -2.28. The number of nitrogens with zero attached hydrogens (tertiary/aromatic N) is 3. The fourth-order valence-corrected chi connectivity index (χ4v) is 1.95. The molecule has 1 fully saturated rings. The van der Waals surface area contributed by atoms with E-state index in [4.69, 9.17) is 5.73 Å². The molecule has 0 saturated carbocycles. The first-order valence-corrected chi connectivity index (χ1v) is 5.51. The number of carbonyl (C=O) groups is 1. The van der Waals surface area contributed by atoms with Crippen molar-refractivity contribution >= 4 is 5.91 Å². The van der Waals surface area contributed by atoms with E-state index < -0.39 is 0 Å². The van der Waals surface area contributed by atoms with Crippen LogP contribution in [0, 0.1) is 5.92 Å². The van der Waals surface area contributed by atoms with Gasteiger partial charge in [-0.25, -0.2) is 9.97 Å². The minimum atomic E-state index is 0.215. The predicted molar refractivity (Wildman–Crippen MR) is 59.5 cm³/mol. The Kier molecular flexibility index (Phi) is 3.46. The topological polar surface area (TPSA) is 72.1 Å². The second-order valence-electron chi connectivity index (χ2n) is 4.14. The highest BCUT2D eigenvalue weighted by Gasteiger charge is 2.27. The minimum absolute atomic E-state index is 0.215. The zero-order valence-corrected chi connectivity index (χ0v) is 9.17. The van der Waals surface area contributed by atoms with Crippen molar-refractivity contribution < 1.29 is 4.79 Å². The van der Waals surface area contributed by atoms with Crippen LogP contribution in [0.1, 0.15) is 12.0 Å². The standard InChI is InChI=1S/C11H16N4O/c12-4-10-3-11(16)15(7-10)2-1-9-5-13-8-14-6-9/h5-6,8,10H,1-4,7,12H2. The molecule has 1 amide bonds. The third kappa shape index (κ3) is 2.55. The summed E-state index contributed by atoms with van der Waals surface area (Å²) >= 11 is 0. The monoisotopic (exact) mass is 220 g/mol. The molecule has 1 atom stereocenters. The molecular formula is C11H16N4O. The van der Waals surface area contributed by atoms with Gasteiger partial charge >= 0.3 is 0 Å². The number of hydrogen-bond acceptors (Lipinski definition) is 4. The van der Waals surface area contributed by atoms with Crippen LogP contribution in [0.15, 0.2) is 18.7 Å². The van der Waals surface area contributed by atoms with Crippen molar-refractivity contribution in [3.05, 3.63) is 24.3 Å². The summed E-state index contributed by atoms with van der Waals surface area (Å²) in [4.78, 5) is 21.4. The largest absolute Gasteiger partial charge is 0.342 e. The molecule has 0 radical (unpaired) electrons. The Labute approximate surface area is 94.7 Å². The van der Waals surface area contributed by atoms with Crippen molar-refractivity contribution in [2.75, 3.05) is 19.6 Å². The van der Waals surface area contributed by atoms with Crippen LogP contribution < -0.4 is 5.73 Å². The highest BCUT2D eigenvalue weighted by atomic mass is 16.2. The van der Waals surface area contributed by atoms with Crippen molar-refractivity contribution in [2.45, 2.75) is 12.8 Å². The lowest BCUT2D eigenvalue weighted by molar-refractivity contribution is -0.127. The smallest absolute Gasteiger partial charge is 0.222 e. The molecule has 16 heavy (non-hydrogen) atoms. The second-order valence-corrected chi connectivity index (χ2v) is 4.14. The van der Waals surface area contributed by atoms with Crippen LogP contribution in [0.25, 0.3) is 0 Å². The first kappa shape index (κ1) is 11.0. The summed E-state index contributed by atoms with van der Waals surface area (Å²) in [5, 5.41) is 0. The zero-order valence-electron chi connectivity index (χ0n) is 9.17.